The normalized spacial score (nSPS) is 12.7. The van der Waals surface area contributed by atoms with Crippen LogP contribution in [0.3, 0.4) is 0 Å². The molecule has 1 heterocycles. The fourth-order valence-electron chi connectivity index (χ4n) is 2.10. The molecular weight excluding hydrogens is 308 g/mol. The number of imidazole rings is 1. The molecule has 96 valence electrons. The van der Waals surface area contributed by atoms with Gasteiger partial charge in [-0.3, -0.25) is 0 Å². The van der Waals surface area contributed by atoms with Gasteiger partial charge in [0.2, 0.25) is 0 Å². The monoisotopic (exact) mass is 318 g/mol. The van der Waals surface area contributed by atoms with E-state index < -0.39 is 6.10 Å². The molecule has 0 bridgehead atoms. The molecule has 0 radical (unpaired) electrons. The summed E-state index contributed by atoms with van der Waals surface area (Å²) in [6.07, 6.45) is -0.738. The van der Waals surface area contributed by atoms with Crippen LogP contribution in [-0.4, -0.2) is 15.1 Å². The number of halogens is 1. The Morgan fingerprint density at radius 1 is 1.05 bits per heavy atom. The summed E-state index contributed by atoms with van der Waals surface area (Å²) in [5.74, 6) is 0. The third kappa shape index (κ3) is 2.22. The average Bonchev–Trinajstić information content (AvgIpc) is 2.77. The summed E-state index contributed by atoms with van der Waals surface area (Å²) in [6.45, 7) is 0. The standard InChI is InChI=1S/C14H11BrN2O2/c15-10-4-2-1-3-9(10)13(18)8-5-6-11-12(7-8)17-14(19)16-11/h1-7,13,18H,(H2,16,17,19). The van der Waals surface area contributed by atoms with E-state index in [0.29, 0.717) is 5.52 Å². The average molecular weight is 319 g/mol. The highest BCUT2D eigenvalue weighted by Gasteiger charge is 2.14. The van der Waals surface area contributed by atoms with Gasteiger partial charge in [-0.25, -0.2) is 4.79 Å². The van der Waals surface area contributed by atoms with Crippen LogP contribution in [0.15, 0.2) is 51.7 Å². The van der Waals surface area contributed by atoms with Gasteiger partial charge in [-0.05, 0) is 29.3 Å². The third-order valence-corrected chi connectivity index (χ3v) is 3.78. The molecule has 3 rings (SSSR count). The van der Waals surface area contributed by atoms with E-state index in [-0.39, 0.29) is 5.69 Å². The van der Waals surface area contributed by atoms with Gasteiger partial charge < -0.3 is 15.1 Å². The number of nitrogens with one attached hydrogen (secondary N) is 2. The number of aromatic amines is 2. The lowest BCUT2D eigenvalue weighted by Crippen LogP contribution is -2.00. The molecule has 0 aliphatic heterocycles. The molecule has 1 unspecified atom stereocenters. The van der Waals surface area contributed by atoms with Crippen molar-refractivity contribution in [2.75, 3.05) is 0 Å². The summed E-state index contributed by atoms with van der Waals surface area (Å²) in [5.41, 5.74) is 2.69. The summed E-state index contributed by atoms with van der Waals surface area (Å²) in [6, 6.07) is 12.9. The molecule has 2 aromatic carbocycles. The third-order valence-electron chi connectivity index (χ3n) is 3.06. The van der Waals surface area contributed by atoms with Crippen LogP contribution in [0.25, 0.3) is 11.0 Å². The molecule has 1 aromatic heterocycles. The van der Waals surface area contributed by atoms with Crippen LogP contribution in [-0.2, 0) is 0 Å². The van der Waals surface area contributed by atoms with E-state index in [1.807, 2.05) is 24.3 Å². The molecule has 0 amide bonds. The minimum Gasteiger partial charge on any atom is -0.384 e. The Morgan fingerprint density at radius 3 is 2.58 bits per heavy atom. The Balaban J connectivity index is 2.08. The SMILES string of the molecule is O=c1[nH]c2ccc(C(O)c3ccccc3Br)cc2[nH]1. The van der Waals surface area contributed by atoms with E-state index >= 15 is 0 Å². The summed E-state index contributed by atoms with van der Waals surface area (Å²) in [5, 5.41) is 10.4. The van der Waals surface area contributed by atoms with Crippen LogP contribution in [0, 0.1) is 0 Å². The molecule has 0 spiro atoms. The van der Waals surface area contributed by atoms with Gasteiger partial charge in [0, 0.05) is 4.47 Å². The second-order valence-electron chi connectivity index (χ2n) is 4.31. The predicted octanol–water partition coefficient (Wildman–Crippen LogP) is 2.70. The molecule has 19 heavy (non-hydrogen) atoms. The number of rotatable bonds is 2. The van der Waals surface area contributed by atoms with Gasteiger partial charge >= 0.3 is 5.69 Å². The highest BCUT2D eigenvalue weighted by Crippen LogP contribution is 2.29. The van der Waals surface area contributed by atoms with E-state index in [4.69, 9.17) is 0 Å². The summed E-state index contributed by atoms with van der Waals surface area (Å²) < 4.78 is 0.852. The summed E-state index contributed by atoms with van der Waals surface area (Å²) in [4.78, 5) is 16.6. The van der Waals surface area contributed by atoms with Crippen molar-refractivity contribution in [2.45, 2.75) is 6.10 Å². The van der Waals surface area contributed by atoms with Crippen LogP contribution in [0.5, 0.6) is 0 Å². The lowest BCUT2D eigenvalue weighted by Gasteiger charge is -2.13. The Labute approximate surface area is 117 Å². The molecule has 5 heteroatoms. The number of hydrogen-bond donors (Lipinski definition) is 3. The van der Waals surface area contributed by atoms with Crippen LogP contribution < -0.4 is 5.69 Å². The highest BCUT2D eigenvalue weighted by atomic mass is 79.9. The minimum atomic E-state index is -0.738. The lowest BCUT2D eigenvalue weighted by molar-refractivity contribution is 0.219. The van der Waals surface area contributed by atoms with E-state index in [1.165, 1.54) is 0 Å². The molecule has 0 aliphatic rings. The molecule has 4 nitrogen and oxygen atoms in total. The van der Waals surface area contributed by atoms with Crippen molar-refractivity contribution >= 4 is 27.0 Å². The molecule has 1 atom stereocenters. The van der Waals surface area contributed by atoms with Crippen molar-refractivity contribution in [3.8, 4) is 0 Å². The molecular formula is C14H11BrN2O2. The van der Waals surface area contributed by atoms with Gasteiger partial charge in [-0.1, -0.05) is 40.2 Å². The van der Waals surface area contributed by atoms with Crippen molar-refractivity contribution in [2.24, 2.45) is 0 Å². The van der Waals surface area contributed by atoms with Gasteiger partial charge in [0.25, 0.3) is 0 Å². The molecule has 0 fully saturated rings. The molecule has 0 saturated carbocycles. The minimum absolute atomic E-state index is 0.248. The number of aliphatic hydroxyl groups is 1. The zero-order valence-electron chi connectivity index (χ0n) is 9.85. The van der Waals surface area contributed by atoms with Crippen molar-refractivity contribution in [1.82, 2.24) is 9.97 Å². The zero-order valence-corrected chi connectivity index (χ0v) is 11.4. The first-order valence-electron chi connectivity index (χ1n) is 5.79. The Bertz CT molecular complexity index is 791. The number of aliphatic hydroxyl groups excluding tert-OH is 1. The first-order valence-corrected chi connectivity index (χ1v) is 6.59. The topological polar surface area (TPSA) is 68.9 Å². The van der Waals surface area contributed by atoms with Gasteiger partial charge in [0.1, 0.15) is 6.10 Å². The largest absolute Gasteiger partial charge is 0.384 e. The molecule has 0 aliphatic carbocycles. The van der Waals surface area contributed by atoms with E-state index in [1.54, 1.807) is 18.2 Å². The van der Waals surface area contributed by atoms with Gasteiger partial charge in [-0.2, -0.15) is 0 Å². The van der Waals surface area contributed by atoms with Crippen LogP contribution >= 0.6 is 15.9 Å². The number of benzene rings is 2. The van der Waals surface area contributed by atoms with Gasteiger partial charge in [-0.15, -0.1) is 0 Å². The van der Waals surface area contributed by atoms with Gasteiger partial charge in [0.15, 0.2) is 0 Å². The van der Waals surface area contributed by atoms with E-state index in [2.05, 4.69) is 25.9 Å². The number of aromatic nitrogens is 2. The molecule has 3 aromatic rings. The van der Waals surface area contributed by atoms with Gasteiger partial charge in [0.05, 0.1) is 11.0 Å². The maximum atomic E-state index is 11.2. The van der Waals surface area contributed by atoms with Crippen LogP contribution in [0.1, 0.15) is 17.2 Å². The highest BCUT2D eigenvalue weighted by molar-refractivity contribution is 9.10. The molecule has 0 saturated heterocycles. The predicted molar refractivity (Wildman–Crippen MR) is 77.1 cm³/mol. The zero-order chi connectivity index (χ0) is 13.4. The quantitative estimate of drug-likeness (QED) is 0.680. The van der Waals surface area contributed by atoms with E-state index in [0.717, 1.165) is 21.1 Å². The van der Waals surface area contributed by atoms with Crippen LogP contribution in [0.2, 0.25) is 0 Å². The molecule has 3 N–H and O–H groups in total. The first kappa shape index (κ1) is 12.2. The Morgan fingerprint density at radius 2 is 1.79 bits per heavy atom. The summed E-state index contributed by atoms with van der Waals surface area (Å²) >= 11 is 3.42. The smallest absolute Gasteiger partial charge is 0.323 e. The number of H-pyrrole nitrogens is 2. The summed E-state index contributed by atoms with van der Waals surface area (Å²) in [7, 11) is 0. The number of fused-ring (bicyclic) bond motifs is 1. The van der Waals surface area contributed by atoms with Crippen molar-refractivity contribution in [3.63, 3.8) is 0 Å². The number of hydrogen-bond acceptors (Lipinski definition) is 2. The van der Waals surface area contributed by atoms with Crippen molar-refractivity contribution in [1.29, 1.82) is 0 Å². The lowest BCUT2D eigenvalue weighted by atomic mass is 10.0. The maximum absolute atomic E-state index is 11.2. The van der Waals surface area contributed by atoms with Crippen molar-refractivity contribution < 1.29 is 5.11 Å². The second kappa shape index (κ2) is 4.68. The Kier molecular flexibility index (Phi) is 3.00. The fourth-order valence-corrected chi connectivity index (χ4v) is 2.60. The Hall–Kier alpha value is -1.85. The second-order valence-corrected chi connectivity index (χ2v) is 5.16. The van der Waals surface area contributed by atoms with Crippen molar-refractivity contribution in [3.05, 3.63) is 68.5 Å². The van der Waals surface area contributed by atoms with E-state index in [9.17, 15) is 9.90 Å². The van der Waals surface area contributed by atoms with Crippen LogP contribution in [0.4, 0.5) is 0 Å². The fraction of sp³-hybridized carbons (Fsp3) is 0.0714. The first-order chi connectivity index (χ1) is 9.15. The maximum Gasteiger partial charge on any atom is 0.323 e.